The van der Waals surface area contributed by atoms with Gasteiger partial charge in [0.05, 0.1) is 10.4 Å². The molecule has 0 fully saturated rings. The third-order valence-electron chi connectivity index (χ3n) is 2.95. The largest absolute Gasteiger partial charge is 0.256 e. The maximum Gasteiger partial charge on any atom is 0.105 e. The van der Waals surface area contributed by atoms with Gasteiger partial charge in [-0.25, -0.2) is 0 Å². The fraction of sp³-hybridized carbons (Fsp3) is 0.286. The van der Waals surface area contributed by atoms with Crippen LogP contribution in [0.2, 0.25) is 0 Å². The molecule has 0 unspecified atom stereocenters. The molecule has 4 heteroatoms. The molecular weight excluding hydrogens is 260 g/mol. The molecular formula is C14H14N2S2. The summed E-state index contributed by atoms with van der Waals surface area (Å²) < 4.78 is 5.95. The van der Waals surface area contributed by atoms with Gasteiger partial charge in [-0.15, -0.1) is 11.3 Å². The van der Waals surface area contributed by atoms with Crippen molar-refractivity contribution >= 4 is 33.1 Å². The standard InChI is InChI=1S/C14H14N2S2/c1-3-6-11-12(10-7-4-5-8-15-10)13-14(17-11)9(2)18-16-13/h4-5,7-8H,3,6H2,1-2H3. The van der Waals surface area contributed by atoms with Crippen LogP contribution in [0.5, 0.6) is 0 Å². The molecule has 3 aromatic rings. The number of nitrogens with zero attached hydrogens (tertiary/aromatic N) is 2. The summed E-state index contributed by atoms with van der Waals surface area (Å²) >= 11 is 3.48. The third kappa shape index (κ3) is 1.85. The topological polar surface area (TPSA) is 25.8 Å². The van der Waals surface area contributed by atoms with Gasteiger partial charge in [-0.2, -0.15) is 4.37 Å². The van der Waals surface area contributed by atoms with Gasteiger partial charge in [0.25, 0.3) is 0 Å². The summed E-state index contributed by atoms with van der Waals surface area (Å²) in [5, 5.41) is 0. The Labute approximate surface area is 114 Å². The number of aryl methyl sites for hydroxylation is 2. The molecule has 0 aliphatic rings. The summed E-state index contributed by atoms with van der Waals surface area (Å²) in [4.78, 5) is 7.23. The number of thiophene rings is 1. The smallest absolute Gasteiger partial charge is 0.105 e. The lowest BCUT2D eigenvalue weighted by molar-refractivity contribution is 0.941. The van der Waals surface area contributed by atoms with Crippen molar-refractivity contribution in [2.24, 2.45) is 0 Å². The lowest BCUT2D eigenvalue weighted by Gasteiger charge is -2.01. The normalized spacial score (nSPS) is 11.2. The molecule has 0 bridgehead atoms. The molecule has 0 aliphatic carbocycles. The molecule has 0 N–H and O–H groups in total. The third-order valence-corrected chi connectivity index (χ3v) is 5.19. The lowest BCUT2D eigenvalue weighted by atomic mass is 10.1. The Bertz CT molecular complexity index is 668. The van der Waals surface area contributed by atoms with Crippen molar-refractivity contribution in [3.8, 4) is 11.3 Å². The maximum absolute atomic E-state index is 4.61. The quantitative estimate of drug-likeness (QED) is 0.693. The molecule has 0 amide bonds. The summed E-state index contributed by atoms with van der Waals surface area (Å²) in [5.41, 5.74) is 3.45. The molecule has 0 aliphatic heterocycles. The Kier molecular flexibility index (Phi) is 3.14. The van der Waals surface area contributed by atoms with Gasteiger partial charge in [0, 0.05) is 21.5 Å². The van der Waals surface area contributed by atoms with E-state index in [1.807, 2.05) is 29.7 Å². The fourth-order valence-electron chi connectivity index (χ4n) is 2.13. The highest BCUT2D eigenvalue weighted by atomic mass is 32.1. The van der Waals surface area contributed by atoms with Crippen LogP contribution in [-0.2, 0) is 6.42 Å². The molecule has 2 nitrogen and oxygen atoms in total. The van der Waals surface area contributed by atoms with Gasteiger partial charge in [-0.3, -0.25) is 4.98 Å². The monoisotopic (exact) mass is 274 g/mol. The number of fused-ring (bicyclic) bond motifs is 1. The van der Waals surface area contributed by atoms with Crippen LogP contribution in [0.1, 0.15) is 23.1 Å². The molecule has 0 aromatic carbocycles. The van der Waals surface area contributed by atoms with Crippen LogP contribution in [0.4, 0.5) is 0 Å². The zero-order valence-corrected chi connectivity index (χ0v) is 12.1. The highest BCUT2D eigenvalue weighted by molar-refractivity contribution is 7.23. The van der Waals surface area contributed by atoms with Gasteiger partial charge in [-0.05, 0) is 37.0 Å². The van der Waals surface area contributed by atoms with E-state index in [0.29, 0.717) is 0 Å². The van der Waals surface area contributed by atoms with Gasteiger partial charge in [-0.1, -0.05) is 19.4 Å². The van der Waals surface area contributed by atoms with Crippen molar-refractivity contribution in [2.45, 2.75) is 26.7 Å². The van der Waals surface area contributed by atoms with Crippen molar-refractivity contribution in [3.05, 3.63) is 34.2 Å². The molecule has 3 rings (SSSR count). The summed E-state index contributed by atoms with van der Waals surface area (Å²) in [6, 6.07) is 6.08. The van der Waals surface area contributed by atoms with E-state index in [-0.39, 0.29) is 0 Å². The molecule has 0 atom stereocenters. The molecule has 0 spiro atoms. The Morgan fingerprint density at radius 1 is 1.28 bits per heavy atom. The van der Waals surface area contributed by atoms with E-state index in [1.165, 1.54) is 20.0 Å². The highest BCUT2D eigenvalue weighted by Crippen LogP contribution is 2.40. The van der Waals surface area contributed by atoms with Crippen molar-refractivity contribution < 1.29 is 0 Å². The lowest BCUT2D eigenvalue weighted by Crippen LogP contribution is -1.86. The van der Waals surface area contributed by atoms with Gasteiger partial charge in [0.15, 0.2) is 0 Å². The second kappa shape index (κ2) is 4.78. The highest BCUT2D eigenvalue weighted by Gasteiger charge is 2.18. The number of hydrogen-bond acceptors (Lipinski definition) is 4. The predicted octanol–water partition coefficient (Wildman–Crippen LogP) is 4.68. The summed E-state index contributed by atoms with van der Waals surface area (Å²) in [6.45, 7) is 4.37. The van der Waals surface area contributed by atoms with Gasteiger partial charge in [0.1, 0.15) is 5.52 Å². The van der Waals surface area contributed by atoms with Crippen LogP contribution in [-0.4, -0.2) is 9.36 Å². The van der Waals surface area contributed by atoms with Gasteiger partial charge >= 0.3 is 0 Å². The first kappa shape index (κ1) is 11.8. The van der Waals surface area contributed by atoms with Crippen molar-refractivity contribution in [1.29, 1.82) is 0 Å². The van der Waals surface area contributed by atoms with Crippen LogP contribution in [0.25, 0.3) is 21.5 Å². The Hall–Kier alpha value is -1.26. The minimum atomic E-state index is 1.05. The van der Waals surface area contributed by atoms with Crippen molar-refractivity contribution in [3.63, 3.8) is 0 Å². The Morgan fingerprint density at radius 3 is 2.89 bits per heavy atom. The van der Waals surface area contributed by atoms with E-state index in [1.54, 1.807) is 11.5 Å². The van der Waals surface area contributed by atoms with E-state index in [4.69, 9.17) is 0 Å². The maximum atomic E-state index is 4.61. The number of hydrogen-bond donors (Lipinski definition) is 0. The summed E-state index contributed by atoms with van der Waals surface area (Å²) in [5.74, 6) is 0. The SMILES string of the molecule is CCCc1sc2c(C)snc2c1-c1ccccn1. The summed E-state index contributed by atoms with van der Waals surface area (Å²) in [6.07, 6.45) is 4.12. The van der Waals surface area contributed by atoms with Crippen LogP contribution in [0, 0.1) is 6.92 Å². The molecule has 0 saturated carbocycles. The average Bonchev–Trinajstić information content (AvgIpc) is 2.91. The zero-order chi connectivity index (χ0) is 12.5. The minimum Gasteiger partial charge on any atom is -0.256 e. The first-order chi connectivity index (χ1) is 8.81. The molecule has 3 aromatic heterocycles. The summed E-state index contributed by atoms with van der Waals surface area (Å²) in [7, 11) is 0. The minimum absolute atomic E-state index is 1.05. The van der Waals surface area contributed by atoms with E-state index in [9.17, 15) is 0 Å². The van der Waals surface area contributed by atoms with Gasteiger partial charge in [0.2, 0.25) is 0 Å². The van der Waals surface area contributed by atoms with Crippen LogP contribution >= 0.6 is 22.9 Å². The first-order valence-corrected chi connectivity index (χ1v) is 7.69. The van der Waals surface area contributed by atoms with E-state index >= 15 is 0 Å². The molecule has 3 heterocycles. The first-order valence-electron chi connectivity index (χ1n) is 6.10. The fourth-order valence-corrected chi connectivity index (χ4v) is 4.26. The number of aromatic nitrogens is 2. The molecule has 92 valence electrons. The van der Waals surface area contributed by atoms with E-state index < -0.39 is 0 Å². The second-order valence-electron chi connectivity index (χ2n) is 4.28. The number of pyridine rings is 1. The molecule has 0 saturated heterocycles. The van der Waals surface area contributed by atoms with Gasteiger partial charge < -0.3 is 0 Å². The predicted molar refractivity (Wildman–Crippen MR) is 79.5 cm³/mol. The van der Waals surface area contributed by atoms with Crippen molar-refractivity contribution in [1.82, 2.24) is 9.36 Å². The zero-order valence-electron chi connectivity index (χ0n) is 10.4. The van der Waals surface area contributed by atoms with E-state index in [0.717, 1.165) is 24.1 Å². The Morgan fingerprint density at radius 2 is 2.17 bits per heavy atom. The van der Waals surface area contributed by atoms with Crippen molar-refractivity contribution in [2.75, 3.05) is 0 Å². The average molecular weight is 274 g/mol. The number of rotatable bonds is 3. The van der Waals surface area contributed by atoms with Crippen LogP contribution in [0.3, 0.4) is 0 Å². The molecule has 18 heavy (non-hydrogen) atoms. The van der Waals surface area contributed by atoms with E-state index in [2.05, 4.69) is 29.3 Å². The van der Waals surface area contributed by atoms with Crippen LogP contribution < -0.4 is 0 Å². The second-order valence-corrected chi connectivity index (χ2v) is 6.36. The Balaban J connectivity index is 2.27. The van der Waals surface area contributed by atoms with Crippen LogP contribution in [0.15, 0.2) is 24.4 Å². The molecule has 0 radical (unpaired) electrons.